The summed E-state index contributed by atoms with van der Waals surface area (Å²) >= 11 is 2.13. The summed E-state index contributed by atoms with van der Waals surface area (Å²) in [5.74, 6) is -1.93. The number of hydrazine groups is 1. The van der Waals surface area contributed by atoms with Crippen molar-refractivity contribution in [2.24, 2.45) is 0 Å². The predicted molar refractivity (Wildman–Crippen MR) is 93.5 cm³/mol. The van der Waals surface area contributed by atoms with Gasteiger partial charge in [0.15, 0.2) is 0 Å². The molecule has 1 atom stereocenters. The quantitative estimate of drug-likeness (QED) is 0.302. The molecule has 0 aliphatic heterocycles. The maximum Gasteiger partial charge on any atom is 0.341 e. The van der Waals surface area contributed by atoms with Crippen LogP contribution < -0.4 is 10.9 Å². The highest BCUT2D eigenvalue weighted by atomic mass is 127. The molecule has 1 aromatic carbocycles. The number of nitrogens with zero attached hydrogens (tertiary/aromatic N) is 1. The van der Waals surface area contributed by atoms with E-state index in [1.54, 1.807) is 31.2 Å². The van der Waals surface area contributed by atoms with E-state index in [-0.39, 0.29) is 6.61 Å². The summed E-state index contributed by atoms with van der Waals surface area (Å²) < 4.78 is 5.95. The Balaban J connectivity index is 3.19. The molecule has 1 rings (SSSR count). The Labute approximate surface area is 148 Å². The van der Waals surface area contributed by atoms with Crippen LogP contribution in [0.25, 0.3) is 0 Å². The SMILES string of the molecule is CCOC(=O)[C@](C)(C(=O)NNC)N(C)C(=O)c1ccc(I)cc1. The summed E-state index contributed by atoms with van der Waals surface area (Å²) in [5.41, 5.74) is 3.38. The number of carbonyl (C=O) groups excluding carboxylic acids is 3. The van der Waals surface area contributed by atoms with E-state index >= 15 is 0 Å². The number of likely N-dealkylation sites (N-methyl/N-ethyl adjacent to an activating group) is 1. The van der Waals surface area contributed by atoms with Gasteiger partial charge in [0.05, 0.1) is 6.61 Å². The fourth-order valence-electron chi connectivity index (χ4n) is 1.88. The van der Waals surface area contributed by atoms with Gasteiger partial charge in [0, 0.05) is 23.2 Å². The molecular weight excluding hydrogens is 413 g/mol. The van der Waals surface area contributed by atoms with Gasteiger partial charge in [-0.1, -0.05) is 0 Å². The van der Waals surface area contributed by atoms with Crippen molar-refractivity contribution < 1.29 is 19.1 Å². The molecule has 2 amide bonds. The van der Waals surface area contributed by atoms with E-state index in [4.69, 9.17) is 4.74 Å². The topological polar surface area (TPSA) is 87.7 Å². The van der Waals surface area contributed by atoms with Gasteiger partial charge in [-0.05, 0) is 60.7 Å². The van der Waals surface area contributed by atoms with Crippen molar-refractivity contribution in [1.29, 1.82) is 0 Å². The van der Waals surface area contributed by atoms with E-state index in [1.807, 2.05) is 0 Å². The monoisotopic (exact) mass is 433 g/mol. The molecule has 0 fully saturated rings. The number of benzene rings is 1. The van der Waals surface area contributed by atoms with Crippen molar-refractivity contribution in [3.63, 3.8) is 0 Å². The van der Waals surface area contributed by atoms with Gasteiger partial charge in [-0.25, -0.2) is 10.2 Å². The molecule has 0 bridgehead atoms. The third-order valence-electron chi connectivity index (χ3n) is 3.42. The molecule has 0 saturated carbocycles. The van der Waals surface area contributed by atoms with Crippen molar-refractivity contribution in [3.05, 3.63) is 33.4 Å². The first-order valence-corrected chi connectivity index (χ1v) is 8.05. The molecular formula is C15H20IN3O4. The largest absolute Gasteiger partial charge is 0.464 e. The minimum Gasteiger partial charge on any atom is -0.464 e. The summed E-state index contributed by atoms with van der Waals surface area (Å²) in [6, 6.07) is 6.83. The van der Waals surface area contributed by atoms with Gasteiger partial charge in [0.2, 0.25) is 5.54 Å². The van der Waals surface area contributed by atoms with Crippen molar-refractivity contribution in [3.8, 4) is 0 Å². The first kappa shape index (κ1) is 19.4. The van der Waals surface area contributed by atoms with E-state index < -0.39 is 23.3 Å². The van der Waals surface area contributed by atoms with Crippen LogP contribution >= 0.6 is 22.6 Å². The number of esters is 1. The molecule has 7 nitrogen and oxygen atoms in total. The molecule has 0 radical (unpaired) electrons. The van der Waals surface area contributed by atoms with Crippen LogP contribution in [0.1, 0.15) is 24.2 Å². The third kappa shape index (κ3) is 4.20. The Morgan fingerprint density at radius 3 is 2.30 bits per heavy atom. The first-order valence-electron chi connectivity index (χ1n) is 6.97. The number of nitrogens with one attached hydrogen (secondary N) is 2. The van der Waals surface area contributed by atoms with Crippen LogP contribution in [0, 0.1) is 3.57 Å². The number of hydrogen-bond donors (Lipinski definition) is 2. The second kappa shape index (κ2) is 8.25. The van der Waals surface area contributed by atoms with Crippen molar-refractivity contribution in [2.45, 2.75) is 19.4 Å². The molecule has 0 spiro atoms. The highest BCUT2D eigenvalue weighted by Crippen LogP contribution is 2.20. The maximum absolute atomic E-state index is 12.6. The summed E-state index contributed by atoms with van der Waals surface area (Å²) in [5, 5.41) is 0. The van der Waals surface area contributed by atoms with Crippen LogP contribution in [0.3, 0.4) is 0 Å². The summed E-state index contributed by atoms with van der Waals surface area (Å²) in [6.45, 7) is 3.09. The average molecular weight is 433 g/mol. The van der Waals surface area contributed by atoms with Crippen LogP contribution in [0.5, 0.6) is 0 Å². The molecule has 23 heavy (non-hydrogen) atoms. The average Bonchev–Trinajstić information content (AvgIpc) is 2.53. The zero-order valence-corrected chi connectivity index (χ0v) is 15.6. The van der Waals surface area contributed by atoms with Gasteiger partial charge in [0.1, 0.15) is 0 Å². The number of hydrogen-bond acceptors (Lipinski definition) is 5. The van der Waals surface area contributed by atoms with E-state index in [0.29, 0.717) is 5.56 Å². The lowest BCUT2D eigenvalue weighted by molar-refractivity contribution is -0.160. The molecule has 126 valence electrons. The van der Waals surface area contributed by atoms with Crippen molar-refractivity contribution >= 4 is 40.4 Å². The zero-order chi connectivity index (χ0) is 17.6. The van der Waals surface area contributed by atoms with Gasteiger partial charge in [-0.15, -0.1) is 0 Å². The Kier molecular flexibility index (Phi) is 6.95. The second-order valence-corrected chi connectivity index (χ2v) is 6.11. The first-order chi connectivity index (χ1) is 10.8. The number of rotatable bonds is 6. The second-order valence-electron chi connectivity index (χ2n) is 4.87. The van der Waals surface area contributed by atoms with E-state index in [0.717, 1.165) is 8.47 Å². The van der Waals surface area contributed by atoms with Crippen LogP contribution in [0.2, 0.25) is 0 Å². The van der Waals surface area contributed by atoms with Crippen molar-refractivity contribution in [1.82, 2.24) is 15.8 Å². The number of carbonyl (C=O) groups is 3. The standard InChI is InChI=1S/C15H20IN3O4/c1-5-23-14(22)15(2,13(21)18-17-3)19(4)12(20)10-6-8-11(16)9-7-10/h6-9,17H,5H2,1-4H3,(H,18,21)/t15-/m0/s1. The van der Waals surface area contributed by atoms with Gasteiger partial charge in [0.25, 0.3) is 11.8 Å². The lowest BCUT2D eigenvalue weighted by Gasteiger charge is -2.34. The Hall–Kier alpha value is -1.68. The summed E-state index contributed by atoms with van der Waals surface area (Å²) in [4.78, 5) is 38.4. The smallest absolute Gasteiger partial charge is 0.341 e. The fraction of sp³-hybridized carbons (Fsp3) is 0.400. The molecule has 0 heterocycles. The van der Waals surface area contributed by atoms with Crippen LogP contribution in [0.15, 0.2) is 24.3 Å². The Morgan fingerprint density at radius 2 is 1.83 bits per heavy atom. The van der Waals surface area contributed by atoms with Gasteiger partial charge in [-0.3, -0.25) is 15.0 Å². The Bertz CT molecular complexity index is 571. The molecule has 0 saturated heterocycles. The zero-order valence-electron chi connectivity index (χ0n) is 13.5. The molecule has 0 aromatic heterocycles. The van der Waals surface area contributed by atoms with Crippen LogP contribution in [0.4, 0.5) is 0 Å². The van der Waals surface area contributed by atoms with E-state index in [1.165, 1.54) is 21.0 Å². The molecule has 8 heteroatoms. The van der Waals surface area contributed by atoms with E-state index in [2.05, 4.69) is 33.4 Å². The lowest BCUT2D eigenvalue weighted by atomic mass is 9.98. The molecule has 0 aliphatic carbocycles. The predicted octanol–water partition coefficient (Wildman–Crippen LogP) is 0.936. The van der Waals surface area contributed by atoms with Crippen molar-refractivity contribution in [2.75, 3.05) is 20.7 Å². The van der Waals surface area contributed by atoms with Crippen LogP contribution in [-0.4, -0.2) is 48.9 Å². The van der Waals surface area contributed by atoms with Crippen LogP contribution in [-0.2, 0) is 14.3 Å². The highest BCUT2D eigenvalue weighted by molar-refractivity contribution is 14.1. The fourth-order valence-corrected chi connectivity index (χ4v) is 2.24. The molecule has 2 N–H and O–H groups in total. The molecule has 0 unspecified atom stereocenters. The number of ether oxygens (including phenoxy) is 1. The highest BCUT2D eigenvalue weighted by Gasteiger charge is 2.48. The normalized spacial score (nSPS) is 12.9. The number of halogens is 1. The summed E-state index contributed by atoms with van der Waals surface area (Å²) in [6.07, 6.45) is 0. The lowest BCUT2D eigenvalue weighted by Crippen LogP contribution is -2.64. The Morgan fingerprint density at radius 1 is 1.26 bits per heavy atom. The summed E-state index contributed by atoms with van der Waals surface area (Å²) in [7, 11) is 2.89. The van der Waals surface area contributed by atoms with Gasteiger partial charge >= 0.3 is 5.97 Å². The van der Waals surface area contributed by atoms with E-state index in [9.17, 15) is 14.4 Å². The maximum atomic E-state index is 12.6. The molecule has 0 aliphatic rings. The minimum atomic E-state index is -1.79. The third-order valence-corrected chi connectivity index (χ3v) is 4.14. The minimum absolute atomic E-state index is 0.104. The van der Waals surface area contributed by atoms with Gasteiger partial charge < -0.3 is 9.64 Å². The number of amides is 2. The van der Waals surface area contributed by atoms with Gasteiger partial charge in [-0.2, -0.15) is 0 Å². The molecule has 1 aromatic rings.